The Hall–Kier alpha value is -2.80. The van der Waals surface area contributed by atoms with E-state index >= 15 is 0 Å². The highest BCUT2D eigenvalue weighted by atomic mass is 19.1. The summed E-state index contributed by atoms with van der Waals surface area (Å²) in [6, 6.07) is 9.27. The first-order chi connectivity index (χ1) is 11.5. The zero-order chi connectivity index (χ0) is 17.5. The van der Waals surface area contributed by atoms with Crippen molar-refractivity contribution in [1.82, 2.24) is 5.32 Å². The molecule has 0 aliphatic rings. The third kappa shape index (κ3) is 4.85. The van der Waals surface area contributed by atoms with Crippen molar-refractivity contribution in [2.24, 2.45) is 5.73 Å². The SMILES string of the molecule is NCCNC(=O)Cc1ccccc1NC(=O)c1cc(F)cc(F)c1. The van der Waals surface area contributed by atoms with Gasteiger partial charge in [-0.2, -0.15) is 0 Å². The molecule has 0 atom stereocenters. The van der Waals surface area contributed by atoms with Gasteiger partial charge in [-0.15, -0.1) is 0 Å². The molecule has 5 nitrogen and oxygen atoms in total. The molecule has 0 spiro atoms. The minimum Gasteiger partial charge on any atom is -0.355 e. The lowest BCUT2D eigenvalue weighted by molar-refractivity contribution is -0.120. The molecule has 0 aliphatic heterocycles. The van der Waals surface area contributed by atoms with Gasteiger partial charge in [0.1, 0.15) is 11.6 Å². The summed E-state index contributed by atoms with van der Waals surface area (Å²) in [5.74, 6) is -2.58. The summed E-state index contributed by atoms with van der Waals surface area (Å²) in [5, 5.41) is 5.20. The Kier molecular flexibility index (Phi) is 5.97. The lowest BCUT2D eigenvalue weighted by Gasteiger charge is -2.11. The van der Waals surface area contributed by atoms with Crippen LogP contribution in [0.1, 0.15) is 15.9 Å². The minimum atomic E-state index is -0.838. The van der Waals surface area contributed by atoms with Gasteiger partial charge >= 0.3 is 0 Å². The lowest BCUT2D eigenvalue weighted by Crippen LogP contribution is -2.30. The molecule has 0 heterocycles. The van der Waals surface area contributed by atoms with Crippen molar-refractivity contribution in [2.45, 2.75) is 6.42 Å². The maximum atomic E-state index is 13.2. The molecule has 4 N–H and O–H groups in total. The second-order valence-electron chi connectivity index (χ2n) is 5.08. The zero-order valence-electron chi connectivity index (χ0n) is 12.8. The summed E-state index contributed by atoms with van der Waals surface area (Å²) < 4.78 is 26.4. The number of hydrogen-bond acceptors (Lipinski definition) is 3. The monoisotopic (exact) mass is 333 g/mol. The Morgan fingerprint density at radius 1 is 1.04 bits per heavy atom. The topological polar surface area (TPSA) is 84.2 Å². The Morgan fingerprint density at radius 2 is 1.71 bits per heavy atom. The summed E-state index contributed by atoms with van der Waals surface area (Å²) in [6.45, 7) is 0.686. The normalized spacial score (nSPS) is 10.3. The highest BCUT2D eigenvalue weighted by Crippen LogP contribution is 2.17. The molecule has 0 saturated heterocycles. The van der Waals surface area contributed by atoms with Gasteiger partial charge in [-0.25, -0.2) is 8.78 Å². The molecule has 126 valence electrons. The van der Waals surface area contributed by atoms with Crippen molar-refractivity contribution in [3.8, 4) is 0 Å². The van der Waals surface area contributed by atoms with Crippen molar-refractivity contribution in [3.63, 3.8) is 0 Å². The number of nitrogens with one attached hydrogen (secondary N) is 2. The van der Waals surface area contributed by atoms with Crippen LogP contribution in [-0.4, -0.2) is 24.9 Å². The van der Waals surface area contributed by atoms with Crippen LogP contribution in [0.2, 0.25) is 0 Å². The number of nitrogens with two attached hydrogens (primary N) is 1. The number of rotatable bonds is 6. The van der Waals surface area contributed by atoms with Crippen LogP contribution in [0.4, 0.5) is 14.5 Å². The molecule has 0 saturated carbocycles. The summed E-state index contributed by atoms with van der Waals surface area (Å²) in [6.07, 6.45) is 0.0496. The van der Waals surface area contributed by atoms with Gasteiger partial charge in [0.25, 0.3) is 5.91 Å². The molecule has 0 unspecified atom stereocenters. The number of para-hydroxylation sites is 1. The van der Waals surface area contributed by atoms with Crippen LogP contribution >= 0.6 is 0 Å². The molecule has 0 aliphatic carbocycles. The van der Waals surface area contributed by atoms with E-state index in [0.29, 0.717) is 30.4 Å². The van der Waals surface area contributed by atoms with Gasteiger partial charge in [-0.1, -0.05) is 18.2 Å². The number of carbonyl (C=O) groups excluding carboxylic acids is 2. The van der Waals surface area contributed by atoms with Gasteiger partial charge < -0.3 is 16.4 Å². The second-order valence-corrected chi connectivity index (χ2v) is 5.08. The highest BCUT2D eigenvalue weighted by molar-refractivity contribution is 6.05. The molecule has 0 aromatic heterocycles. The quantitative estimate of drug-likeness (QED) is 0.754. The lowest BCUT2D eigenvalue weighted by atomic mass is 10.1. The molecule has 2 aromatic rings. The summed E-state index contributed by atoms with van der Waals surface area (Å²) >= 11 is 0. The van der Waals surface area contributed by atoms with Crippen LogP contribution in [-0.2, 0) is 11.2 Å². The summed E-state index contributed by atoms with van der Waals surface area (Å²) in [7, 11) is 0. The third-order valence-corrected chi connectivity index (χ3v) is 3.21. The zero-order valence-corrected chi connectivity index (χ0v) is 12.8. The average Bonchev–Trinajstić information content (AvgIpc) is 2.53. The number of carbonyl (C=O) groups is 2. The minimum absolute atomic E-state index is 0.0496. The number of anilines is 1. The summed E-state index contributed by atoms with van der Waals surface area (Å²) in [4.78, 5) is 24.0. The van der Waals surface area contributed by atoms with Crippen molar-refractivity contribution in [3.05, 3.63) is 65.2 Å². The standard InChI is InChI=1S/C17H17F2N3O2/c18-13-7-12(8-14(19)10-13)17(24)22-15-4-2-1-3-11(15)9-16(23)21-6-5-20/h1-4,7-8,10H,5-6,9,20H2,(H,21,23)(H,22,24). The van der Waals surface area contributed by atoms with E-state index in [4.69, 9.17) is 5.73 Å². The number of benzene rings is 2. The maximum Gasteiger partial charge on any atom is 0.255 e. The van der Waals surface area contributed by atoms with E-state index in [1.165, 1.54) is 0 Å². The number of hydrogen-bond donors (Lipinski definition) is 3. The van der Waals surface area contributed by atoms with E-state index in [0.717, 1.165) is 12.1 Å². The van der Waals surface area contributed by atoms with Crippen molar-refractivity contribution in [2.75, 3.05) is 18.4 Å². The van der Waals surface area contributed by atoms with E-state index in [-0.39, 0.29) is 17.9 Å². The summed E-state index contributed by atoms with van der Waals surface area (Å²) in [5.41, 5.74) is 6.16. The van der Waals surface area contributed by atoms with Crippen LogP contribution in [0.3, 0.4) is 0 Å². The fourth-order valence-corrected chi connectivity index (χ4v) is 2.12. The van der Waals surface area contributed by atoms with Crippen LogP contribution in [0.25, 0.3) is 0 Å². The molecule has 2 aromatic carbocycles. The van der Waals surface area contributed by atoms with Gasteiger partial charge in [-0.3, -0.25) is 9.59 Å². The molecule has 2 amide bonds. The predicted octanol–water partition coefficient (Wildman–Crippen LogP) is 1.83. The van der Waals surface area contributed by atoms with Crippen molar-refractivity contribution >= 4 is 17.5 Å². The maximum absolute atomic E-state index is 13.2. The predicted molar refractivity (Wildman–Crippen MR) is 86.5 cm³/mol. The van der Waals surface area contributed by atoms with Crippen molar-refractivity contribution < 1.29 is 18.4 Å². The Labute approximate surface area is 137 Å². The van der Waals surface area contributed by atoms with E-state index in [9.17, 15) is 18.4 Å². The smallest absolute Gasteiger partial charge is 0.255 e. The van der Waals surface area contributed by atoms with Crippen LogP contribution < -0.4 is 16.4 Å². The van der Waals surface area contributed by atoms with Crippen LogP contribution in [0.5, 0.6) is 0 Å². The Morgan fingerprint density at radius 3 is 2.38 bits per heavy atom. The first kappa shape index (κ1) is 17.6. The van der Waals surface area contributed by atoms with E-state index < -0.39 is 17.5 Å². The molecule has 7 heteroatoms. The molecule has 0 radical (unpaired) electrons. The van der Waals surface area contributed by atoms with Crippen LogP contribution in [0, 0.1) is 11.6 Å². The fourth-order valence-electron chi connectivity index (χ4n) is 2.12. The van der Waals surface area contributed by atoms with Gasteiger partial charge in [0.2, 0.25) is 5.91 Å². The fraction of sp³-hybridized carbons (Fsp3) is 0.176. The van der Waals surface area contributed by atoms with Crippen molar-refractivity contribution in [1.29, 1.82) is 0 Å². The molecule has 0 bridgehead atoms. The average molecular weight is 333 g/mol. The van der Waals surface area contributed by atoms with E-state index in [1.807, 2.05) is 0 Å². The van der Waals surface area contributed by atoms with E-state index in [2.05, 4.69) is 10.6 Å². The van der Waals surface area contributed by atoms with E-state index in [1.54, 1.807) is 24.3 Å². The first-order valence-electron chi connectivity index (χ1n) is 7.31. The molecule has 2 rings (SSSR count). The van der Waals surface area contributed by atoms with Gasteiger partial charge in [0.15, 0.2) is 0 Å². The Balaban J connectivity index is 2.14. The highest BCUT2D eigenvalue weighted by Gasteiger charge is 2.13. The second kappa shape index (κ2) is 8.16. The molecule has 24 heavy (non-hydrogen) atoms. The Bertz CT molecular complexity index is 730. The van der Waals surface area contributed by atoms with Gasteiger partial charge in [0, 0.05) is 30.4 Å². The third-order valence-electron chi connectivity index (χ3n) is 3.21. The van der Waals surface area contributed by atoms with Crippen LogP contribution in [0.15, 0.2) is 42.5 Å². The van der Waals surface area contributed by atoms with Gasteiger partial charge in [-0.05, 0) is 23.8 Å². The number of halogens is 2. The van der Waals surface area contributed by atoms with Gasteiger partial charge in [0.05, 0.1) is 6.42 Å². The molecular weight excluding hydrogens is 316 g/mol. The molecular formula is C17H17F2N3O2. The molecule has 0 fully saturated rings. The largest absolute Gasteiger partial charge is 0.355 e. The first-order valence-corrected chi connectivity index (χ1v) is 7.31. The number of amides is 2.